The highest BCUT2D eigenvalue weighted by molar-refractivity contribution is 6.62. The topological polar surface area (TPSA) is 97.8 Å². The number of ether oxygens (including phenoxy) is 1. The Morgan fingerprint density at radius 2 is 2.03 bits per heavy atom. The number of halogens is 4. The Morgan fingerprint density at radius 3 is 2.64 bits per heavy atom. The van der Waals surface area contributed by atoms with Gasteiger partial charge in [-0.15, -0.1) is 0 Å². The van der Waals surface area contributed by atoms with Crippen molar-refractivity contribution in [3.8, 4) is 0 Å². The third kappa shape index (κ3) is 5.33. The number of alkyl halides is 3. The van der Waals surface area contributed by atoms with E-state index in [1.54, 1.807) is 32.9 Å². The van der Waals surface area contributed by atoms with Crippen LogP contribution in [0.5, 0.6) is 0 Å². The highest BCUT2D eigenvalue weighted by Crippen LogP contribution is 2.29. The molecule has 0 bridgehead atoms. The minimum absolute atomic E-state index is 0.0777. The smallest absolute Gasteiger partial charge is 0.459 e. The summed E-state index contributed by atoms with van der Waals surface area (Å²) >= 11 is 0. The van der Waals surface area contributed by atoms with Crippen LogP contribution < -0.4 is 10.8 Å². The van der Waals surface area contributed by atoms with Crippen LogP contribution in [0.25, 0.3) is 0 Å². The highest BCUT2D eigenvalue weighted by atomic mass is 19.4. The van der Waals surface area contributed by atoms with Gasteiger partial charge in [0, 0.05) is 17.3 Å². The van der Waals surface area contributed by atoms with Crippen LogP contribution in [-0.2, 0) is 33.6 Å². The fourth-order valence-corrected chi connectivity index (χ4v) is 3.48. The van der Waals surface area contributed by atoms with Crippen molar-refractivity contribution in [3.05, 3.63) is 58.2 Å². The first kappa shape index (κ1) is 24.7. The van der Waals surface area contributed by atoms with Gasteiger partial charge in [-0.1, -0.05) is 19.9 Å². The lowest BCUT2D eigenvalue weighted by atomic mass is 9.75. The fourth-order valence-electron chi connectivity index (χ4n) is 3.48. The van der Waals surface area contributed by atoms with Crippen LogP contribution in [0.4, 0.5) is 17.6 Å². The molecule has 1 unspecified atom stereocenters. The summed E-state index contributed by atoms with van der Waals surface area (Å²) in [6.07, 6.45) is -4.17. The first-order chi connectivity index (χ1) is 15.4. The summed E-state index contributed by atoms with van der Waals surface area (Å²) in [7, 11) is -1.14. The van der Waals surface area contributed by atoms with Crippen LogP contribution in [0.1, 0.15) is 46.6 Å². The maximum atomic E-state index is 13.7. The Bertz CT molecular complexity index is 1080. The number of nitrogens with one attached hydrogen (secondary N) is 1. The molecule has 33 heavy (non-hydrogen) atoms. The molecule has 1 aliphatic heterocycles. The molecule has 7 nitrogen and oxygen atoms in total. The van der Waals surface area contributed by atoms with E-state index < -0.39 is 55.2 Å². The van der Waals surface area contributed by atoms with E-state index in [0.717, 1.165) is 11.8 Å². The number of pyridine rings is 1. The summed E-state index contributed by atoms with van der Waals surface area (Å²) in [6, 6.07) is 2.72. The molecule has 1 amide bonds. The summed E-state index contributed by atoms with van der Waals surface area (Å²) in [5, 5.41) is 12.5. The number of fused-ring (bicyclic) bond motifs is 1. The van der Waals surface area contributed by atoms with E-state index in [9.17, 15) is 32.2 Å². The maximum absolute atomic E-state index is 13.7. The Kier molecular flexibility index (Phi) is 7.08. The lowest BCUT2D eigenvalue weighted by Crippen LogP contribution is -2.46. The molecule has 1 aromatic carbocycles. The van der Waals surface area contributed by atoms with E-state index in [0.29, 0.717) is 17.1 Å². The van der Waals surface area contributed by atoms with Gasteiger partial charge < -0.3 is 19.7 Å². The van der Waals surface area contributed by atoms with Gasteiger partial charge in [0.25, 0.3) is 5.91 Å². The molecule has 2 N–H and O–H groups in total. The summed E-state index contributed by atoms with van der Waals surface area (Å²) in [4.78, 5) is 28.5. The summed E-state index contributed by atoms with van der Waals surface area (Å²) in [6.45, 7) is 4.68. The van der Waals surface area contributed by atoms with Crippen molar-refractivity contribution < 1.29 is 41.6 Å². The molecule has 0 radical (unpaired) electrons. The van der Waals surface area contributed by atoms with Crippen molar-refractivity contribution >= 4 is 24.5 Å². The number of aromatic nitrogens is 1. The van der Waals surface area contributed by atoms with Crippen LogP contribution in [0.3, 0.4) is 0 Å². The van der Waals surface area contributed by atoms with E-state index in [-0.39, 0.29) is 17.7 Å². The lowest BCUT2D eigenvalue weighted by Gasteiger charge is -2.22. The molecule has 1 aliphatic rings. The number of hydrogen-bond donors (Lipinski definition) is 2. The number of esters is 1. The normalized spacial score (nSPS) is 14.3. The second-order valence-electron chi connectivity index (χ2n) is 7.95. The maximum Gasteiger partial charge on any atom is 0.492 e. The number of amides is 1. The largest absolute Gasteiger partial charge is 0.492 e. The lowest BCUT2D eigenvalue weighted by molar-refractivity contribution is -0.149. The summed E-state index contributed by atoms with van der Waals surface area (Å²) in [5.74, 6) is -3.40. The van der Waals surface area contributed by atoms with Crippen molar-refractivity contribution in [3.63, 3.8) is 0 Å². The zero-order valence-corrected chi connectivity index (χ0v) is 18.0. The van der Waals surface area contributed by atoms with Crippen molar-refractivity contribution in [1.29, 1.82) is 0 Å². The predicted molar refractivity (Wildman–Crippen MR) is 109 cm³/mol. The zero-order chi connectivity index (χ0) is 24.5. The van der Waals surface area contributed by atoms with Gasteiger partial charge in [-0.2, -0.15) is 13.2 Å². The van der Waals surface area contributed by atoms with Crippen molar-refractivity contribution in [2.24, 2.45) is 5.92 Å². The zero-order valence-electron chi connectivity index (χ0n) is 18.0. The van der Waals surface area contributed by atoms with Gasteiger partial charge in [-0.05, 0) is 41.6 Å². The SMILES string of the molecule is Cc1c(C(=O)NC(C(=O)OCc2cnc(C(F)(F)F)c(F)c2)C(C)C)ccc2c1B(O)OC2. The van der Waals surface area contributed by atoms with Gasteiger partial charge in [0.2, 0.25) is 0 Å². The van der Waals surface area contributed by atoms with E-state index >= 15 is 0 Å². The van der Waals surface area contributed by atoms with Crippen molar-refractivity contribution in [2.45, 2.75) is 46.2 Å². The second-order valence-corrected chi connectivity index (χ2v) is 7.95. The van der Waals surface area contributed by atoms with Crippen molar-refractivity contribution in [1.82, 2.24) is 10.3 Å². The van der Waals surface area contributed by atoms with Gasteiger partial charge in [-0.3, -0.25) is 4.79 Å². The number of hydrogen-bond acceptors (Lipinski definition) is 6. The predicted octanol–water partition coefficient (Wildman–Crippen LogP) is 2.26. The number of nitrogens with zero attached hydrogens (tertiary/aromatic N) is 1. The molecule has 3 rings (SSSR count). The molecule has 1 aromatic heterocycles. The molecule has 176 valence electrons. The van der Waals surface area contributed by atoms with Crippen LogP contribution in [-0.4, -0.2) is 35.0 Å². The Morgan fingerprint density at radius 1 is 1.33 bits per heavy atom. The minimum Gasteiger partial charge on any atom is -0.459 e. The molecule has 0 saturated carbocycles. The molecule has 1 atom stereocenters. The van der Waals surface area contributed by atoms with Gasteiger partial charge in [0.05, 0.1) is 6.61 Å². The van der Waals surface area contributed by atoms with Crippen LogP contribution in [0.15, 0.2) is 24.4 Å². The van der Waals surface area contributed by atoms with Gasteiger partial charge in [-0.25, -0.2) is 14.2 Å². The number of rotatable bonds is 6. The Balaban J connectivity index is 1.70. The van der Waals surface area contributed by atoms with Gasteiger partial charge in [0.15, 0.2) is 11.5 Å². The molecule has 0 saturated heterocycles. The van der Waals surface area contributed by atoms with E-state index in [4.69, 9.17) is 9.39 Å². The molecular formula is C21H21BF4N2O5. The van der Waals surface area contributed by atoms with Gasteiger partial charge in [0.1, 0.15) is 12.6 Å². The second kappa shape index (κ2) is 9.48. The minimum atomic E-state index is -4.94. The average Bonchev–Trinajstić information content (AvgIpc) is 3.10. The van der Waals surface area contributed by atoms with Crippen LogP contribution in [0, 0.1) is 18.7 Å². The Labute approximate surface area is 187 Å². The molecule has 0 aliphatic carbocycles. The van der Waals surface area contributed by atoms with Gasteiger partial charge >= 0.3 is 19.3 Å². The number of carbonyl (C=O) groups is 2. The summed E-state index contributed by atoms with van der Waals surface area (Å²) < 4.78 is 61.8. The third-order valence-corrected chi connectivity index (χ3v) is 5.25. The Hall–Kier alpha value is -2.99. The monoisotopic (exact) mass is 468 g/mol. The average molecular weight is 468 g/mol. The molecule has 2 heterocycles. The van der Waals surface area contributed by atoms with Crippen LogP contribution >= 0.6 is 0 Å². The van der Waals surface area contributed by atoms with Crippen LogP contribution in [0.2, 0.25) is 0 Å². The quantitative estimate of drug-likeness (QED) is 0.384. The van der Waals surface area contributed by atoms with Crippen molar-refractivity contribution in [2.75, 3.05) is 0 Å². The number of carbonyl (C=O) groups excluding carboxylic acids is 2. The van der Waals surface area contributed by atoms with E-state index in [1.165, 1.54) is 0 Å². The highest BCUT2D eigenvalue weighted by Gasteiger charge is 2.36. The molecular weight excluding hydrogens is 447 g/mol. The first-order valence-corrected chi connectivity index (χ1v) is 10.0. The van der Waals surface area contributed by atoms with E-state index in [1.807, 2.05) is 0 Å². The molecule has 0 fully saturated rings. The third-order valence-electron chi connectivity index (χ3n) is 5.25. The molecule has 12 heteroatoms. The van der Waals surface area contributed by atoms with E-state index in [2.05, 4.69) is 10.3 Å². The molecule has 2 aromatic rings. The molecule has 0 spiro atoms. The summed E-state index contributed by atoms with van der Waals surface area (Å²) in [5.41, 5.74) is 0.274. The first-order valence-electron chi connectivity index (χ1n) is 10.0. The standard InChI is InChI=1S/C21H21BF4N2O5/c1-10(2)17(20(30)32-8-12-6-15(23)18(27-7-12)21(24,25)26)28-19(29)14-5-4-13-9-33-22(31)16(13)11(14)3/h4-7,10,17,31H,8-9H2,1-3H3,(H,28,29). The number of benzene rings is 1. The fraction of sp³-hybridized carbons (Fsp3) is 0.381.